The quantitative estimate of drug-likeness (QED) is 0.703. The van der Waals surface area contributed by atoms with Crippen LogP contribution in [0.2, 0.25) is 0 Å². The molecule has 2 fully saturated rings. The molecule has 98 valence electrons. The summed E-state index contributed by atoms with van der Waals surface area (Å²) in [4.78, 5) is 16.4. The van der Waals surface area contributed by atoms with Crippen molar-refractivity contribution in [1.82, 2.24) is 9.80 Å². The van der Waals surface area contributed by atoms with Gasteiger partial charge in [-0.3, -0.25) is 0 Å². The number of amides is 2. The third kappa shape index (κ3) is 3.35. The summed E-state index contributed by atoms with van der Waals surface area (Å²) in [6, 6.07) is 0.230. The summed E-state index contributed by atoms with van der Waals surface area (Å²) >= 11 is 0. The van der Waals surface area contributed by atoms with E-state index >= 15 is 0 Å². The maximum atomic E-state index is 12.4. The largest absolute Gasteiger partial charge is 0.375 e. The maximum absolute atomic E-state index is 12.4. The Morgan fingerprint density at radius 1 is 1.12 bits per heavy atom. The first-order valence-corrected chi connectivity index (χ1v) is 6.96. The van der Waals surface area contributed by atoms with E-state index in [9.17, 15) is 4.79 Å². The Labute approximate surface area is 104 Å². The van der Waals surface area contributed by atoms with Crippen molar-refractivity contribution < 1.29 is 9.53 Å². The third-order valence-corrected chi connectivity index (χ3v) is 3.74. The van der Waals surface area contributed by atoms with E-state index in [1.165, 1.54) is 12.8 Å². The van der Waals surface area contributed by atoms with Crippen LogP contribution in [0.3, 0.4) is 0 Å². The van der Waals surface area contributed by atoms with Crippen LogP contribution in [0.5, 0.6) is 0 Å². The fourth-order valence-corrected chi connectivity index (χ4v) is 2.60. The van der Waals surface area contributed by atoms with Gasteiger partial charge in [-0.15, -0.1) is 0 Å². The number of carbonyl (C=O) groups excluding carboxylic acids is 1. The van der Waals surface area contributed by atoms with Gasteiger partial charge in [0.2, 0.25) is 0 Å². The van der Waals surface area contributed by atoms with Crippen molar-refractivity contribution in [1.29, 1.82) is 0 Å². The minimum absolute atomic E-state index is 0.230. The van der Waals surface area contributed by atoms with Gasteiger partial charge in [-0.1, -0.05) is 19.8 Å². The summed E-state index contributed by atoms with van der Waals surface area (Å²) in [7, 11) is 0. The Morgan fingerprint density at radius 3 is 2.47 bits per heavy atom. The highest BCUT2D eigenvalue weighted by Gasteiger charge is 2.26. The topological polar surface area (TPSA) is 32.8 Å². The standard InChI is InChI=1S/C13H24N2O2/c1-2-12-11-15(9-10-17-12)13(16)14-7-5-3-4-6-8-14/h12H,2-11H2,1H3. The number of urea groups is 1. The number of nitrogens with zero attached hydrogens (tertiary/aromatic N) is 2. The third-order valence-electron chi connectivity index (χ3n) is 3.74. The fraction of sp³-hybridized carbons (Fsp3) is 0.923. The molecule has 2 saturated heterocycles. The number of hydrogen-bond acceptors (Lipinski definition) is 2. The molecule has 2 heterocycles. The predicted molar refractivity (Wildman–Crippen MR) is 67.0 cm³/mol. The lowest BCUT2D eigenvalue weighted by atomic mass is 10.2. The normalized spacial score (nSPS) is 26.8. The van der Waals surface area contributed by atoms with Crippen LogP contribution in [0.15, 0.2) is 0 Å². The molecule has 0 saturated carbocycles. The molecule has 0 aromatic carbocycles. The average molecular weight is 240 g/mol. The Bertz CT molecular complexity index is 250. The minimum Gasteiger partial charge on any atom is -0.375 e. The molecule has 1 unspecified atom stereocenters. The Balaban J connectivity index is 1.89. The van der Waals surface area contributed by atoms with E-state index < -0.39 is 0 Å². The first-order chi connectivity index (χ1) is 8.31. The van der Waals surface area contributed by atoms with Gasteiger partial charge in [0.15, 0.2) is 0 Å². The van der Waals surface area contributed by atoms with Crippen LogP contribution in [-0.2, 0) is 4.74 Å². The second-order valence-corrected chi connectivity index (χ2v) is 5.03. The lowest BCUT2D eigenvalue weighted by molar-refractivity contribution is -0.0202. The van der Waals surface area contributed by atoms with Gasteiger partial charge < -0.3 is 14.5 Å². The van der Waals surface area contributed by atoms with Crippen molar-refractivity contribution in [2.24, 2.45) is 0 Å². The van der Waals surface area contributed by atoms with Crippen LogP contribution in [0.25, 0.3) is 0 Å². The minimum atomic E-state index is 0.230. The van der Waals surface area contributed by atoms with E-state index in [1.807, 2.05) is 9.80 Å². The SMILES string of the molecule is CCC1CN(C(=O)N2CCCCCC2)CCO1. The maximum Gasteiger partial charge on any atom is 0.320 e. The Hall–Kier alpha value is -0.770. The van der Waals surface area contributed by atoms with Crippen molar-refractivity contribution >= 4 is 6.03 Å². The van der Waals surface area contributed by atoms with Crippen LogP contribution in [-0.4, -0.2) is 54.7 Å². The number of hydrogen-bond donors (Lipinski definition) is 0. The van der Waals surface area contributed by atoms with Gasteiger partial charge in [0.1, 0.15) is 0 Å². The molecule has 0 N–H and O–H groups in total. The lowest BCUT2D eigenvalue weighted by Gasteiger charge is -2.36. The fourth-order valence-electron chi connectivity index (χ4n) is 2.60. The summed E-state index contributed by atoms with van der Waals surface area (Å²) in [6.07, 6.45) is 6.08. The Morgan fingerprint density at radius 2 is 1.82 bits per heavy atom. The molecule has 0 aliphatic carbocycles. The van der Waals surface area contributed by atoms with E-state index in [0.29, 0.717) is 6.61 Å². The van der Waals surface area contributed by atoms with Crippen molar-refractivity contribution in [3.05, 3.63) is 0 Å². The second kappa shape index (κ2) is 6.24. The summed E-state index contributed by atoms with van der Waals surface area (Å²) < 4.78 is 5.61. The van der Waals surface area contributed by atoms with Crippen LogP contribution in [0, 0.1) is 0 Å². The number of ether oxygens (including phenoxy) is 1. The van der Waals surface area contributed by atoms with E-state index in [1.54, 1.807) is 0 Å². The van der Waals surface area contributed by atoms with Gasteiger partial charge in [-0.25, -0.2) is 4.79 Å². The Kier molecular flexibility index (Phi) is 4.66. The van der Waals surface area contributed by atoms with Crippen molar-refractivity contribution in [3.8, 4) is 0 Å². The number of morpholine rings is 1. The number of rotatable bonds is 1. The second-order valence-electron chi connectivity index (χ2n) is 5.03. The van der Waals surface area contributed by atoms with Crippen LogP contribution >= 0.6 is 0 Å². The molecule has 4 nitrogen and oxygen atoms in total. The summed E-state index contributed by atoms with van der Waals surface area (Å²) in [5.41, 5.74) is 0. The first-order valence-electron chi connectivity index (χ1n) is 6.96. The van der Waals surface area contributed by atoms with Crippen molar-refractivity contribution in [2.45, 2.75) is 45.1 Å². The highest BCUT2D eigenvalue weighted by Crippen LogP contribution is 2.14. The molecule has 0 radical (unpaired) electrons. The van der Waals surface area contributed by atoms with Crippen LogP contribution < -0.4 is 0 Å². The van der Waals surface area contributed by atoms with Crippen molar-refractivity contribution in [3.63, 3.8) is 0 Å². The van der Waals surface area contributed by atoms with E-state index in [0.717, 1.165) is 45.4 Å². The van der Waals surface area contributed by atoms with E-state index in [4.69, 9.17) is 4.74 Å². The number of carbonyl (C=O) groups is 1. The van der Waals surface area contributed by atoms with Gasteiger partial charge >= 0.3 is 6.03 Å². The van der Waals surface area contributed by atoms with Crippen LogP contribution in [0.1, 0.15) is 39.0 Å². The van der Waals surface area contributed by atoms with Gasteiger partial charge in [0.05, 0.1) is 12.7 Å². The molecule has 0 aromatic rings. The van der Waals surface area contributed by atoms with Gasteiger partial charge in [0.25, 0.3) is 0 Å². The highest BCUT2D eigenvalue weighted by atomic mass is 16.5. The first kappa shape index (κ1) is 12.7. The van der Waals surface area contributed by atoms with E-state index in [-0.39, 0.29) is 12.1 Å². The molecule has 1 atom stereocenters. The van der Waals surface area contributed by atoms with Gasteiger partial charge in [-0.2, -0.15) is 0 Å². The molecule has 17 heavy (non-hydrogen) atoms. The monoisotopic (exact) mass is 240 g/mol. The van der Waals surface area contributed by atoms with Crippen LogP contribution in [0.4, 0.5) is 4.79 Å². The summed E-state index contributed by atoms with van der Waals surface area (Å²) in [5, 5.41) is 0. The van der Waals surface area contributed by atoms with E-state index in [2.05, 4.69) is 6.92 Å². The zero-order chi connectivity index (χ0) is 12.1. The molecule has 0 spiro atoms. The highest BCUT2D eigenvalue weighted by molar-refractivity contribution is 5.74. The molecule has 2 aliphatic rings. The smallest absolute Gasteiger partial charge is 0.320 e. The molecule has 4 heteroatoms. The molecule has 0 aromatic heterocycles. The molecule has 2 rings (SSSR count). The lowest BCUT2D eigenvalue weighted by Crippen LogP contribution is -2.51. The van der Waals surface area contributed by atoms with Crippen molar-refractivity contribution in [2.75, 3.05) is 32.8 Å². The summed E-state index contributed by atoms with van der Waals surface area (Å²) in [6.45, 7) is 6.21. The van der Waals surface area contributed by atoms with Gasteiger partial charge in [0, 0.05) is 26.2 Å². The predicted octanol–water partition coefficient (Wildman–Crippen LogP) is 2.09. The molecule has 0 bridgehead atoms. The average Bonchev–Trinajstić information content (AvgIpc) is 2.67. The molecular formula is C13H24N2O2. The molecular weight excluding hydrogens is 216 g/mol. The van der Waals surface area contributed by atoms with Gasteiger partial charge in [-0.05, 0) is 19.3 Å². The zero-order valence-corrected chi connectivity index (χ0v) is 10.9. The summed E-state index contributed by atoms with van der Waals surface area (Å²) in [5.74, 6) is 0. The number of likely N-dealkylation sites (tertiary alicyclic amines) is 1. The molecule has 2 aliphatic heterocycles. The molecule has 2 amide bonds. The zero-order valence-electron chi connectivity index (χ0n) is 10.9.